The molecule has 0 aliphatic carbocycles. The zero-order valence-corrected chi connectivity index (χ0v) is 8.09. The summed E-state index contributed by atoms with van der Waals surface area (Å²) < 4.78 is 6.72. The minimum absolute atomic E-state index is 0.295. The predicted octanol–water partition coefficient (Wildman–Crippen LogP) is 0.343. The van der Waals surface area contributed by atoms with Crippen LogP contribution in [-0.2, 0) is 13.1 Å². The van der Waals surface area contributed by atoms with E-state index in [1.165, 1.54) is 10.8 Å². The Morgan fingerprint density at radius 3 is 3.13 bits per heavy atom. The van der Waals surface area contributed by atoms with Crippen molar-refractivity contribution in [3.8, 4) is 0 Å². The normalized spacial score (nSPS) is 10.5. The summed E-state index contributed by atoms with van der Waals surface area (Å²) in [7, 11) is 0. The van der Waals surface area contributed by atoms with Gasteiger partial charge < -0.3 is 10.2 Å². The molecule has 0 aromatic carbocycles. The fraction of sp³-hybridized carbons (Fsp3) is 0.200. The molecule has 0 bridgehead atoms. The van der Waals surface area contributed by atoms with Crippen LogP contribution in [0.2, 0.25) is 0 Å². The molecule has 0 amide bonds. The van der Waals surface area contributed by atoms with Gasteiger partial charge in [-0.25, -0.2) is 9.78 Å². The Hall–Kier alpha value is -1.88. The molecule has 0 unspecified atom stereocenters. The van der Waals surface area contributed by atoms with Gasteiger partial charge in [0, 0.05) is 24.5 Å². The van der Waals surface area contributed by atoms with Crippen LogP contribution in [0.15, 0.2) is 40.0 Å². The van der Waals surface area contributed by atoms with Crippen LogP contribution in [-0.4, -0.2) is 9.55 Å². The molecule has 2 N–H and O–H groups in total. The van der Waals surface area contributed by atoms with Gasteiger partial charge in [0.15, 0.2) is 0 Å². The quantitative estimate of drug-likeness (QED) is 0.784. The topological polar surface area (TPSA) is 74.0 Å². The van der Waals surface area contributed by atoms with E-state index in [4.69, 9.17) is 10.2 Å². The average Bonchev–Trinajstić information content (AvgIpc) is 2.69. The van der Waals surface area contributed by atoms with Crippen molar-refractivity contribution in [3.05, 3.63) is 52.6 Å². The lowest BCUT2D eigenvalue weighted by Gasteiger charge is -2.02. The summed E-state index contributed by atoms with van der Waals surface area (Å²) in [6.07, 6.45) is 4.70. The Bertz CT molecular complexity index is 501. The van der Waals surface area contributed by atoms with E-state index in [9.17, 15) is 4.79 Å². The zero-order valence-electron chi connectivity index (χ0n) is 8.09. The van der Waals surface area contributed by atoms with E-state index in [0.29, 0.717) is 18.8 Å². The fourth-order valence-corrected chi connectivity index (χ4v) is 1.35. The molecule has 5 heteroatoms. The molecule has 2 heterocycles. The van der Waals surface area contributed by atoms with Crippen LogP contribution in [0.1, 0.15) is 11.3 Å². The van der Waals surface area contributed by atoms with Crippen molar-refractivity contribution in [2.24, 2.45) is 5.73 Å². The molecular formula is C10H11N3O2. The Labute approximate surface area is 86.2 Å². The van der Waals surface area contributed by atoms with Crippen LogP contribution in [0.3, 0.4) is 0 Å². The fourth-order valence-electron chi connectivity index (χ4n) is 1.35. The summed E-state index contributed by atoms with van der Waals surface area (Å²) in [6, 6.07) is 3.50. The first kappa shape index (κ1) is 9.67. The van der Waals surface area contributed by atoms with Gasteiger partial charge in [0.05, 0.1) is 12.8 Å². The molecule has 2 rings (SSSR count). The van der Waals surface area contributed by atoms with Gasteiger partial charge in [-0.3, -0.25) is 4.57 Å². The number of furan rings is 1. The minimum Gasteiger partial charge on any atom is -0.467 e. The largest absolute Gasteiger partial charge is 0.467 e. The highest BCUT2D eigenvalue weighted by atomic mass is 16.3. The summed E-state index contributed by atoms with van der Waals surface area (Å²) in [4.78, 5) is 15.0. The molecule has 0 spiro atoms. The van der Waals surface area contributed by atoms with Crippen molar-refractivity contribution < 1.29 is 4.42 Å². The highest BCUT2D eigenvalue weighted by Crippen LogP contribution is 2.10. The second-order valence-corrected chi connectivity index (χ2v) is 3.10. The summed E-state index contributed by atoms with van der Waals surface area (Å²) in [5.41, 5.74) is 6.14. The van der Waals surface area contributed by atoms with Crippen LogP contribution in [0, 0.1) is 0 Å². The molecule has 0 saturated carbocycles. The molecule has 0 atom stereocenters. The smallest absolute Gasteiger partial charge is 0.347 e. The number of hydrogen-bond donors (Lipinski definition) is 1. The average molecular weight is 205 g/mol. The van der Waals surface area contributed by atoms with Crippen molar-refractivity contribution >= 4 is 0 Å². The highest BCUT2D eigenvalue weighted by molar-refractivity contribution is 5.16. The van der Waals surface area contributed by atoms with Gasteiger partial charge in [0.25, 0.3) is 0 Å². The maximum Gasteiger partial charge on any atom is 0.347 e. The van der Waals surface area contributed by atoms with Gasteiger partial charge in [0.2, 0.25) is 0 Å². The number of nitrogens with two attached hydrogens (primary N) is 1. The Morgan fingerprint density at radius 2 is 2.40 bits per heavy atom. The molecule has 5 nitrogen and oxygen atoms in total. The van der Waals surface area contributed by atoms with E-state index in [-0.39, 0.29) is 5.69 Å². The molecule has 0 aliphatic rings. The van der Waals surface area contributed by atoms with Gasteiger partial charge in [-0.05, 0) is 12.1 Å². The molecule has 0 saturated heterocycles. The number of rotatable bonds is 3. The van der Waals surface area contributed by atoms with Crippen LogP contribution < -0.4 is 11.4 Å². The maximum atomic E-state index is 11.3. The zero-order chi connectivity index (χ0) is 10.7. The van der Waals surface area contributed by atoms with Crippen molar-refractivity contribution in [1.82, 2.24) is 9.55 Å². The van der Waals surface area contributed by atoms with Gasteiger partial charge >= 0.3 is 5.69 Å². The molecule has 2 aromatic heterocycles. The van der Waals surface area contributed by atoms with E-state index < -0.39 is 0 Å². The van der Waals surface area contributed by atoms with Crippen molar-refractivity contribution in [2.75, 3.05) is 0 Å². The van der Waals surface area contributed by atoms with E-state index in [1.807, 2.05) is 0 Å². The van der Waals surface area contributed by atoms with Crippen LogP contribution >= 0.6 is 0 Å². The van der Waals surface area contributed by atoms with Crippen LogP contribution in [0.25, 0.3) is 0 Å². The van der Waals surface area contributed by atoms with E-state index >= 15 is 0 Å². The maximum absolute atomic E-state index is 11.3. The summed E-state index contributed by atoms with van der Waals surface area (Å²) in [5, 5.41) is 0. The highest BCUT2D eigenvalue weighted by Gasteiger charge is 2.06. The lowest BCUT2D eigenvalue weighted by Crippen LogP contribution is -2.22. The molecule has 15 heavy (non-hydrogen) atoms. The van der Waals surface area contributed by atoms with Crippen LogP contribution in [0.4, 0.5) is 0 Å². The first-order valence-corrected chi connectivity index (χ1v) is 4.58. The van der Waals surface area contributed by atoms with Crippen LogP contribution in [0.5, 0.6) is 0 Å². The summed E-state index contributed by atoms with van der Waals surface area (Å²) in [5.74, 6) is 0.701. The van der Waals surface area contributed by atoms with Gasteiger partial charge in [-0.15, -0.1) is 0 Å². The van der Waals surface area contributed by atoms with E-state index in [2.05, 4.69) is 4.98 Å². The van der Waals surface area contributed by atoms with Crippen molar-refractivity contribution in [3.63, 3.8) is 0 Å². The van der Waals surface area contributed by atoms with E-state index in [1.54, 1.807) is 24.6 Å². The molecule has 78 valence electrons. The first-order chi connectivity index (χ1) is 7.31. The van der Waals surface area contributed by atoms with Gasteiger partial charge in [-0.2, -0.15) is 0 Å². The second kappa shape index (κ2) is 4.10. The van der Waals surface area contributed by atoms with Crippen molar-refractivity contribution in [2.45, 2.75) is 13.1 Å². The SMILES string of the molecule is NCc1ccoc1Cn1cccnc1=O. The minimum atomic E-state index is -0.295. The first-order valence-electron chi connectivity index (χ1n) is 4.58. The predicted molar refractivity (Wildman–Crippen MR) is 54.2 cm³/mol. The van der Waals surface area contributed by atoms with Gasteiger partial charge in [-0.1, -0.05) is 0 Å². The Kier molecular flexibility index (Phi) is 2.64. The second-order valence-electron chi connectivity index (χ2n) is 3.10. The lowest BCUT2D eigenvalue weighted by molar-refractivity contribution is 0.482. The van der Waals surface area contributed by atoms with Gasteiger partial charge in [0.1, 0.15) is 5.76 Å². The monoisotopic (exact) mass is 205 g/mol. The molecular weight excluding hydrogens is 194 g/mol. The third-order valence-electron chi connectivity index (χ3n) is 2.15. The molecule has 2 aromatic rings. The lowest BCUT2D eigenvalue weighted by atomic mass is 10.2. The Morgan fingerprint density at radius 1 is 1.53 bits per heavy atom. The standard InChI is InChI=1S/C10H11N3O2/c11-6-8-2-5-15-9(8)7-13-4-1-3-12-10(13)14/h1-5H,6-7,11H2. The molecule has 0 fully saturated rings. The Balaban J connectivity index is 2.30. The molecule has 0 radical (unpaired) electrons. The summed E-state index contributed by atoms with van der Waals surface area (Å²) >= 11 is 0. The van der Waals surface area contributed by atoms with E-state index in [0.717, 1.165) is 5.56 Å². The molecule has 0 aliphatic heterocycles. The number of hydrogen-bond acceptors (Lipinski definition) is 4. The third-order valence-corrected chi connectivity index (χ3v) is 2.15. The number of aromatic nitrogens is 2. The third kappa shape index (κ3) is 1.97. The van der Waals surface area contributed by atoms with Crippen molar-refractivity contribution in [1.29, 1.82) is 0 Å². The number of nitrogens with zero attached hydrogens (tertiary/aromatic N) is 2. The summed E-state index contributed by atoms with van der Waals surface area (Å²) in [6.45, 7) is 0.771.